The highest BCUT2D eigenvalue weighted by atomic mass is 31.2. The Morgan fingerprint density at radius 2 is 0.695 bits per heavy atom. The molecule has 0 aliphatic heterocycles. The van der Waals surface area contributed by atoms with Crippen LogP contribution in [0.4, 0.5) is 0 Å². The monoisotopic (exact) mass is 1170 g/mol. The highest BCUT2D eigenvalue weighted by molar-refractivity contribution is 7.45. The molecule has 0 aromatic heterocycles. The number of hydrogen-bond donors (Lipinski definition) is 0. The predicted molar refractivity (Wildman–Crippen MR) is 351 cm³/mol. The van der Waals surface area contributed by atoms with Crippen molar-refractivity contribution in [2.45, 2.75) is 341 Å². The fourth-order valence-corrected chi connectivity index (χ4v) is 10.9. The average molecular weight is 1170 g/mol. The molecule has 0 spiro atoms. The van der Waals surface area contributed by atoms with Crippen LogP contribution in [0.15, 0.2) is 60.8 Å². The first-order valence-electron chi connectivity index (χ1n) is 35.0. The molecule has 0 fully saturated rings. The van der Waals surface area contributed by atoms with Gasteiger partial charge in [0.2, 0.25) is 0 Å². The number of phosphoric acid groups is 1. The number of hydrogen-bond acceptors (Lipinski definition) is 8. The van der Waals surface area contributed by atoms with Crippen molar-refractivity contribution in [2.24, 2.45) is 0 Å². The van der Waals surface area contributed by atoms with Crippen LogP contribution in [0.5, 0.6) is 0 Å². The normalized spacial score (nSPS) is 13.5. The zero-order chi connectivity index (χ0) is 59.8. The molecule has 0 bridgehead atoms. The standard InChI is InChI=1S/C72H134NO8P/c1-6-8-10-12-14-16-18-20-22-24-26-28-29-30-31-32-33-34-35-36-37-38-39-40-41-42-43-45-47-49-51-53-55-57-59-61-63-65-72(75)81-70(69-80-82(76,77)79-67-66-73(3,4)5)68-78-71(74)64-62-60-58-56-54-52-50-48-46-44-27-25-23-21-19-17-15-13-11-9-7-2/h8,10,14,16,20,22,26,28,30-31,70H,6-7,9,11-13,15,17-19,21,23-25,27,29,32-69H2,1-5H3/b10-8-,16-14-,22-20-,28-26-,31-30-. The van der Waals surface area contributed by atoms with E-state index in [9.17, 15) is 19.0 Å². The van der Waals surface area contributed by atoms with E-state index < -0.39 is 26.5 Å². The first kappa shape index (κ1) is 79.7. The summed E-state index contributed by atoms with van der Waals surface area (Å²) in [5, 5.41) is 0. The van der Waals surface area contributed by atoms with Crippen LogP contribution in [0.25, 0.3) is 0 Å². The molecule has 2 unspecified atom stereocenters. The summed E-state index contributed by atoms with van der Waals surface area (Å²) in [7, 11) is 1.18. The topological polar surface area (TPSA) is 111 Å². The van der Waals surface area contributed by atoms with E-state index >= 15 is 0 Å². The van der Waals surface area contributed by atoms with Crippen LogP contribution in [0.2, 0.25) is 0 Å². The molecule has 480 valence electrons. The highest BCUT2D eigenvalue weighted by Crippen LogP contribution is 2.38. The third kappa shape index (κ3) is 66.8. The van der Waals surface area contributed by atoms with Crippen molar-refractivity contribution in [3.05, 3.63) is 60.8 Å². The molecule has 0 saturated heterocycles. The fraction of sp³-hybridized carbons (Fsp3) is 0.833. The minimum absolute atomic E-state index is 0.0283. The first-order valence-corrected chi connectivity index (χ1v) is 36.5. The summed E-state index contributed by atoms with van der Waals surface area (Å²) in [6.45, 7) is 4.19. The lowest BCUT2D eigenvalue weighted by Crippen LogP contribution is -2.37. The molecular formula is C72H134NO8P. The van der Waals surface area contributed by atoms with Gasteiger partial charge in [0.05, 0.1) is 27.7 Å². The van der Waals surface area contributed by atoms with Crippen molar-refractivity contribution >= 4 is 19.8 Å². The van der Waals surface area contributed by atoms with E-state index in [-0.39, 0.29) is 32.0 Å². The van der Waals surface area contributed by atoms with Crippen molar-refractivity contribution in [2.75, 3.05) is 47.5 Å². The van der Waals surface area contributed by atoms with Crippen molar-refractivity contribution in [1.29, 1.82) is 0 Å². The van der Waals surface area contributed by atoms with Gasteiger partial charge in [-0.05, 0) is 57.8 Å². The van der Waals surface area contributed by atoms with Gasteiger partial charge in [-0.15, -0.1) is 0 Å². The Labute approximate surface area is 508 Å². The number of carbonyl (C=O) groups excluding carboxylic acids is 2. The highest BCUT2D eigenvalue weighted by Gasteiger charge is 2.22. The number of nitrogens with zero attached hydrogens (tertiary/aromatic N) is 1. The van der Waals surface area contributed by atoms with Gasteiger partial charge in [-0.1, -0.05) is 325 Å². The number of rotatable bonds is 65. The number of phosphoric ester groups is 1. The van der Waals surface area contributed by atoms with Gasteiger partial charge in [-0.25, -0.2) is 0 Å². The van der Waals surface area contributed by atoms with Crippen LogP contribution in [0.3, 0.4) is 0 Å². The Kier molecular flexibility index (Phi) is 61.5. The second-order valence-electron chi connectivity index (χ2n) is 24.9. The van der Waals surface area contributed by atoms with E-state index in [4.69, 9.17) is 18.5 Å². The van der Waals surface area contributed by atoms with Crippen molar-refractivity contribution in [1.82, 2.24) is 0 Å². The molecule has 0 saturated carbocycles. The molecule has 10 heteroatoms. The summed E-state index contributed by atoms with van der Waals surface area (Å²) in [6, 6.07) is 0. The molecule has 9 nitrogen and oxygen atoms in total. The Hall–Kier alpha value is -2.29. The second-order valence-corrected chi connectivity index (χ2v) is 26.3. The summed E-state index contributed by atoms with van der Waals surface area (Å²) >= 11 is 0. The van der Waals surface area contributed by atoms with Crippen LogP contribution in [-0.4, -0.2) is 70.0 Å². The number of allylic oxidation sites excluding steroid dienone is 10. The van der Waals surface area contributed by atoms with Gasteiger partial charge in [0.15, 0.2) is 6.10 Å². The molecule has 0 rings (SSSR count). The number of carbonyl (C=O) groups is 2. The molecular weight excluding hydrogens is 1040 g/mol. The lowest BCUT2D eigenvalue weighted by molar-refractivity contribution is -0.870. The van der Waals surface area contributed by atoms with Gasteiger partial charge in [0.25, 0.3) is 7.82 Å². The van der Waals surface area contributed by atoms with Crippen molar-refractivity contribution in [3.63, 3.8) is 0 Å². The smallest absolute Gasteiger partial charge is 0.306 e. The molecule has 0 aliphatic carbocycles. The maximum absolute atomic E-state index is 12.9. The van der Waals surface area contributed by atoms with Crippen LogP contribution in [0, 0.1) is 0 Å². The first-order chi connectivity index (χ1) is 40.0. The Balaban J connectivity index is 3.96. The van der Waals surface area contributed by atoms with Gasteiger partial charge in [0.1, 0.15) is 19.8 Å². The van der Waals surface area contributed by atoms with Gasteiger partial charge in [-0.2, -0.15) is 0 Å². The lowest BCUT2D eigenvalue weighted by Gasteiger charge is -2.28. The third-order valence-corrected chi connectivity index (χ3v) is 16.5. The van der Waals surface area contributed by atoms with E-state index in [0.717, 1.165) is 64.2 Å². The number of quaternary nitrogens is 1. The average Bonchev–Trinajstić information content (AvgIpc) is 3.46. The van der Waals surface area contributed by atoms with E-state index in [1.807, 2.05) is 21.1 Å². The summed E-state index contributed by atoms with van der Waals surface area (Å²) in [4.78, 5) is 38.0. The number of likely N-dealkylation sites (N-methyl/N-ethyl adjacent to an activating group) is 1. The molecule has 82 heavy (non-hydrogen) atoms. The quantitative estimate of drug-likeness (QED) is 0.0195. The summed E-state index contributed by atoms with van der Waals surface area (Å²) < 4.78 is 34.3. The number of esters is 2. The number of unbranched alkanes of at least 4 members (excludes halogenated alkanes) is 41. The molecule has 0 aromatic carbocycles. The maximum Gasteiger partial charge on any atom is 0.306 e. The van der Waals surface area contributed by atoms with E-state index in [0.29, 0.717) is 17.4 Å². The molecule has 0 N–H and O–H groups in total. The van der Waals surface area contributed by atoms with Gasteiger partial charge < -0.3 is 27.9 Å². The van der Waals surface area contributed by atoms with Gasteiger partial charge in [-0.3, -0.25) is 14.2 Å². The largest absolute Gasteiger partial charge is 0.756 e. The predicted octanol–water partition coefficient (Wildman–Crippen LogP) is 22.0. The van der Waals surface area contributed by atoms with Crippen molar-refractivity contribution in [3.8, 4) is 0 Å². The van der Waals surface area contributed by atoms with Crippen LogP contribution in [0.1, 0.15) is 335 Å². The zero-order valence-electron chi connectivity index (χ0n) is 54.7. The minimum atomic E-state index is -4.64. The minimum Gasteiger partial charge on any atom is -0.756 e. The van der Waals surface area contributed by atoms with E-state index in [1.165, 1.54) is 238 Å². The molecule has 2 atom stereocenters. The molecule has 0 radical (unpaired) electrons. The zero-order valence-corrected chi connectivity index (χ0v) is 55.6. The lowest BCUT2D eigenvalue weighted by atomic mass is 10.0. The summed E-state index contributed by atoms with van der Waals surface area (Å²) in [5.41, 5.74) is 0. The second kappa shape index (κ2) is 63.2. The van der Waals surface area contributed by atoms with E-state index in [1.54, 1.807) is 0 Å². The van der Waals surface area contributed by atoms with Crippen LogP contribution < -0.4 is 4.89 Å². The molecule has 0 aliphatic rings. The summed E-state index contributed by atoms with van der Waals surface area (Å²) in [5.74, 6) is -0.813. The van der Waals surface area contributed by atoms with Crippen LogP contribution in [-0.2, 0) is 32.7 Å². The SMILES string of the molecule is CC/C=C\C/C=C\C/C=C\C/C=C\C/C=C\CCCCCCCCCCCCCCCCCCCCCCCC(=O)OC(COC(=O)CCCCCCCCCCCCCCCCCCCCCCC)COP(=O)([O-])OCC[N+](C)(C)C. The van der Waals surface area contributed by atoms with Crippen LogP contribution >= 0.6 is 7.82 Å². The van der Waals surface area contributed by atoms with Gasteiger partial charge in [0, 0.05) is 12.8 Å². The fourth-order valence-electron chi connectivity index (χ4n) is 10.2. The summed E-state index contributed by atoms with van der Waals surface area (Å²) in [6.07, 6.45) is 83.1. The van der Waals surface area contributed by atoms with E-state index in [2.05, 4.69) is 74.6 Å². The third-order valence-electron chi connectivity index (χ3n) is 15.6. The molecule has 0 amide bonds. The van der Waals surface area contributed by atoms with Gasteiger partial charge >= 0.3 is 11.9 Å². The maximum atomic E-state index is 12.9. The Morgan fingerprint density at radius 3 is 1.04 bits per heavy atom. The van der Waals surface area contributed by atoms with Crippen molar-refractivity contribution < 1.29 is 42.1 Å². The molecule has 0 aromatic rings. The molecule has 0 heterocycles. The Bertz CT molecular complexity index is 1570. The number of ether oxygens (including phenoxy) is 2. The Morgan fingerprint density at radius 1 is 0.390 bits per heavy atom.